The fourth-order valence-corrected chi connectivity index (χ4v) is 9.50. The van der Waals surface area contributed by atoms with Gasteiger partial charge >= 0.3 is 0 Å². The van der Waals surface area contributed by atoms with Crippen LogP contribution in [0.4, 0.5) is 0 Å². The van der Waals surface area contributed by atoms with Gasteiger partial charge < -0.3 is 10.2 Å². The predicted molar refractivity (Wildman–Crippen MR) is 118 cm³/mol. The molecule has 2 nitrogen and oxygen atoms in total. The van der Waals surface area contributed by atoms with Crippen LogP contribution in [0.25, 0.3) is 0 Å². The maximum absolute atomic E-state index is 10.6. The van der Waals surface area contributed by atoms with Gasteiger partial charge in [-0.05, 0) is 116 Å². The van der Waals surface area contributed by atoms with Crippen LogP contribution in [0.5, 0.6) is 0 Å². The van der Waals surface area contributed by atoms with Crippen LogP contribution in [-0.4, -0.2) is 22.4 Å². The van der Waals surface area contributed by atoms with Crippen molar-refractivity contribution in [3.63, 3.8) is 0 Å². The Balaban J connectivity index is 1.45. The van der Waals surface area contributed by atoms with E-state index < -0.39 is 0 Å². The van der Waals surface area contributed by atoms with Crippen LogP contribution in [0.3, 0.4) is 0 Å². The fourth-order valence-electron chi connectivity index (χ4n) is 9.50. The number of allylic oxidation sites excluding steroid dienone is 1. The van der Waals surface area contributed by atoms with E-state index in [-0.39, 0.29) is 12.2 Å². The van der Waals surface area contributed by atoms with Crippen molar-refractivity contribution in [3.05, 3.63) is 11.6 Å². The molecule has 5 aliphatic carbocycles. The Bertz CT molecular complexity index is 665. The highest BCUT2D eigenvalue weighted by atomic mass is 16.3. The molecule has 29 heavy (non-hydrogen) atoms. The van der Waals surface area contributed by atoms with Gasteiger partial charge in [-0.2, -0.15) is 0 Å². The summed E-state index contributed by atoms with van der Waals surface area (Å²) in [5.74, 6) is 5.14. The lowest BCUT2D eigenvalue weighted by Crippen LogP contribution is -2.55. The molecule has 2 N–H and O–H groups in total. The summed E-state index contributed by atoms with van der Waals surface area (Å²) >= 11 is 0. The average molecular weight is 401 g/mol. The van der Waals surface area contributed by atoms with E-state index >= 15 is 0 Å². The Kier molecular flexibility index (Phi) is 5.03. The number of fused-ring (bicyclic) bond motifs is 5. The molecule has 0 heterocycles. The van der Waals surface area contributed by atoms with Crippen molar-refractivity contribution in [1.29, 1.82) is 0 Å². The van der Waals surface area contributed by atoms with E-state index in [2.05, 4.69) is 33.8 Å². The molecule has 0 radical (unpaired) electrons. The summed E-state index contributed by atoms with van der Waals surface area (Å²) in [6.45, 7) is 9.68. The van der Waals surface area contributed by atoms with E-state index in [1.54, 1.807) is 5.57 Å². The van der Waals surface area contributed by atoms with Gasteiger partial charge in [0.15, 0.2) is 0 Å². The fraction of sp³-hybridized carbons (Fsp3) is 0.926. The molecule has 10 atom stereocenters. The first kappa shape index (κ1) is 20.6. The van der Waals surface area contributed by atoms with Gasteiger partial charge in [0.2, 0.25) is 0 Å². The zero-order valence-corrected chi connectivity index (χ0v) is 19.2. The van der Waals surface area contributed by atoms with Crippen LogP contribution in [-0.2, 0) is 0 Å². The predicted octanol–water partition coefficient (Wildman–Crippen LogP) is 5.97. The number of hydrogen-bond donors (Lipinski definition) is 2. The molecule has 0 aromatic carbocycles. The van der Waals surface area contributed by atoms with Crippen LogP contribution >= 0.6 is 0 Å². The molecule has 2 unspecified atom stereocenters. The number of aliphatic hydroxyl groups is 2. The molecule has 0 saturated heterocycles. The minimum absolute atomic E-state index is 0.134. The topological polar surface area (TPSA) is 40.5 Å². The second kappa shape index (κ2) is 7.09. The summed E-state index contributed by atoms with van der Waals surface area (Å²) in [6, 6.07) is 0. The second-order valence-electron chi connectivity index (χ2n) is 12.2. The highest BCUT2D eigenvalue weighted by molar-refractivity contribution is 5.30. The molecule has 2 heteroatoms. The molecule has 4 fully saturated rings. The summed E-state index contributed by atoms with van der Waals surface area (Å²) in [5.41, 5.74) is 2.44. The zero-order chi connectivity index (χ0) is 20.6. The number of aliphatic hydroxyl groups excluding tert-OH is 2. The van der Waals surface area contributed by atoms with Crippen LogP contribution in [0.1, 0.15) is 91.9 Å². The van der Waals surface area contributed by atoms with Crippen LogP contribution in [0.15, 0.2) is 11.6 Å². The Labute approximate surface area is 178 Å². The van der Waals surface area contributed by atoms with Crippen molar-refractivity contribution in [2.45, 2.75) is 104 Å². The lowest BCUT2D eigenvalue weighted by atomic mass is 9.43. The summed E-state index contributed by atoms with van der Waals surface area (Å²) in [5, 5.41) is 21.2. The van der Waals surface area contributed by atoms with Gasteiger partial charge in [-0.25, -0.2) is 0 Å². The molecule has 0 amide bonds. The molecule has 5 rings (SSSR count). The van der Waals surface area contributed by atoms with Crippen molar-refractivity contribution in [1.82, 2.24) is 0 Å². The van der Waals surface area contributed by atoms with Gasteiger partial charge in [-0.15, -0.1) is 0 Å². The van der Waals surface area contributed by atoms with Crippen molar-refractivity contribution in [2.75, 3.05) is 0 Å². The highest BCUT2D eigenvalue weighted by Gasteiger charge is 2.62. The molecule has 4 saturated carbocycles. The SMILES string of the molecule is CCC(O)[C@@H](C)[C@H]1CC[C@H]2[C@@H]3CCC4C[C@@H](O)C=C(C5CC5)[C@]4(C)[C@H]3CC[C@]12C. The standard InChI is InChI=1S/C27H44O2/c1-5-25(29)16(2)21-10-11-22-20-9-8-18-14-19(28)15-24(17-6-7-17)27(18,4)23(20)12-13-26(21,22)3/h15-23,25,28-29H,5-14H2,1-4H3/t16-,18?,19+,20-,21+,22-,23-,25?,26+,27-/m0/s1. The third kappa shape index (κ3) is 2.94. The summed E-state index contributed by atoms with van der Waals surface area (Å²) < 4.78 is 0. The van der Waals surface area contributed by atoms with Crippen molar-refractivity contribution < 1.29 is 10.2 Å². The third-order valence-electron chi connectivity index (χ3n) is 11.2. The van der Waals surface area contributed by atoms with Gasteiger partial charge in [-0.3, -0.25) is 0 Å². The molecule has 0 bridgehead atoms. The second-order valence-corrected chi connectivity index (χ2v) is 12.2. The first-order valence-electron chi connectivity index (χ1n) is 12.9. The molecule has 0 spiro atoms. The number of hydrogen-bond acceptors (Lipinski definition) is 2. The Morgan fingerprint density at radius 3 is 2.48 bits per heavy atom. The first-order valence-corrected chi connectivity index (χ1v) is 12.9. The Morgan fingerprint density at radius 2 is 1.79 bits per heavy atom. The van der Waals surface area contributed by atoms with E-state index in [0.29, 0.717) is 28.6 Å². The Morgan fingerprint density at radius 1 is 1.03 bits per heavy atom. The van der Waals surface area contributed by atoms with Crippen molar-refractivity contribution in [3.8, 4) is 0 Å². The van der Waals surface area contributed by atoms with Gasteiger partial charge in [0.1, 0.15) is 0 Å². The smallest absolute Gasteiger partial charge is 0.0726 e. The molecule has 0 aromatic heterocycles. The minimum Gasteiger partial charge on any atom is -0.393 e. The maximum Gasteiger partial charge on any atom is 0.0726 e. The molecular formula is C27H44O2. The lowest BCUT2D eigenvalue weighted by molar-refractivity contribution is -0.103. The van der Waals surface area contributed by atoms with Gasteiger partial charge in [0.25, 0.3) is 0 Å². The average Bonchev–Trinajstić information content (AvgIpc) is 3.47. The van der Waals surface area contributed by atoms with Gasteiger partial charge in [0, 0.05) is 0 Å². The molecule has 5 aliphatic rings. The normalized spacial score (nSPS) is 51.4. The van der Waals surface area contributed by atoms with E-state index in [1.165, 1.54) is 51.4 Å². The van der Waals surface area contributed by atoms with E-state index in [4.69, 9.17) is 0 Å². The quantitative estimate of drug-likeness (QED) is 0.571. The van der Waals surface area contributed by atoms with Crippen LogP contribution in [0.2, 0.25) is 0 Å². The van der Waals surface area contributed by atoms with E-state index in [0.717, 1.165) is 36.5 Å². The molecule has 0 aromatic rings. The highest BCUT2D eigenvalue weighted by Crippen LogP contribution is 2.70. The molecule has 0 aliphatic heterocycles. The molecular weight excluding hydrogens is 356 g/mol. The monoisotopic (exact) mass is 400 g/mol. The van der Waals surface area contributed by atoms with Crippen LogP contribution < -0.4 is 0 Å². The maximum atomic E-state index is 10.6. The van der Waals surface area contributed by atoms with Gasteiger partial charge in [0.05, 0.1) is 12.2 Å². The first-order chi connectivity index (χ1) is 13.8. The molecule has 164 valence electrons. The van der Waals surface area contributed by atoms with Crippen molar-refractivity contribution >= 4 is 0 Å². The van der Waals surface area contributed by atoms with Crippen molar-refractivity contribution in [2.24, 2.45) is 52.3 Å². The van der Waals surface area contributed by atoms with E-state index in [1.807, 2.05) is 0 Å². The minimum atomic E-state index is -0.193. The summed E-state index contributed by atoms with van der Waals surface area (Å²) in [4.78, 5) is 0. The Hall–Kier alpha value is -0.340. The number of rotatable bonds is 4. The largest absolute Gasteiger partial charge is 0.393 e. The van der Waals surface area contributed by atoms with E-state index in [9.17, 15) is 10.2 Å². The van der Waals surface area contributed by atoms with Gasteiger partial charge in [-0.1, -0.05) is 39.3 Å². The summed E-state index contributed by atoms with van der Waals surface area (Å²) in [7, 11) is 0. The van der Waals surface area contributed by atoms with Crippen LogP contribution in [0, 0.1) is 52.3 Å². The third-order valence-corrected chi connectivity index (χ3v) is 11.2. The zero-order valence-electron chi connectivity index (χ0n) is 19.2. The summed E-state index contributed by atoms with van der Waals surface area (Å²) in [6.07, 6.45) is 14.7. The lowest BCUT2D eigenvalue weighted by Gasteiger charge is -2.61.